The summed E-state index contributed by atoms with van der Waals surface area (Å²) in [7, 11) is 1.73. The van der Waals surface area contributed by atoms with Crippen molar-refractivity contribution < 1.29 is 19.7 Å². The number of nitrogens with zero attached hydrogens (tertiary/aromatic N) is 1. The minimum absolute atomic E-state index is 0.108. The van der Waals surface area contributed by atoms with Gasteiger partial charge in [0.1, 0.15) is 0 Å². The number of likely N-dealkylation sites (N-methyl/N-ethyl adjacent to an activating group) is 1. The molecule has 1 saturated heterocycles. The fraction of sp³-hybridized carbons (Fsp3) is 0.941. The number of epoxide rings is 1. The second-order valence-corrected chi connectivity index (χ2v) is 6.50. The second kappa shape index (κ2) is 10.2. The zero-order chi connectivity index (χ0) is 16.4. The second-order valence-electron chi connectivity index (χ2n) is 6.50. The van der Waals surface area contributed by atoms with Gasteiger partial charge in [-0.3, -0.25) is 4.79 Å². The molecular formula is C17H32NO4-. The quantitative estimate of drug-likeness (QED) is 0.377. The van der Waals surface area contributed by atoms with Crippen LogP contribution in [-0.4, -0.2) is 41.2 Å². The van der Waals surface area contributed by atoms with Crippen LogP contribution in [0.4, 0.5) is 0 Å². The maximum absolute atomic E-state index is 10.4. The lowest BCUT2D eigenvalue weighted by Crippen LogP contribution is -2.21. The molecule has 0 bridgehead atoms. The number of carboxylic acid groups (broad SMARTS) is 1. The van der Waals surface area contributed by atoms with E-state index in [0.717, 1.165) is 38.5 Å². The monoisotopic (exact) mass is 314 g/mol. The Labute approximate surface area is 134 Å². The van der Waals surface area contributed by atoms with Crippen LogP contribution in [0.3, 0.4) is 0 Å². The first kappa shape index (κ1) is 19.4. The molecule has 0 aromatic heterocycles. The van der Waals surface area contributed by atoms with Gasteiger partial charge in [-0.1, -0.05) is 58.3 Å². The summed E-state index contributed by atoms with van der Waals surface area (Å²) >= 11 is 0. The molecule has 0 aromatic carbocycles. The fourth-order valence-electron chi connectivity index (χ4n) is 2.86. The van der Waals surface area contributed by atoms with Gasteiger partial charge in [0.25, 0.3) is 0 Å². The minimum atomic E-state index is -0.688. The van der Waals surface area contributed by atoms with Crippen molar-refractivity contribution in [2.75, 3.05) is 7.05 Å². The van der Waals surface area contributed by atoms with E-state index in [1.54, 1.807) is 7.05 Å². The lowest BCUT2D eigenvalue weighted by atomic mass is 10.0. The molecule has 3 atom stereocenters. The number of hydrogen-bond donors (Lipinski definition) is 2. The van der Waals surface area contributed by atoms with Crippen molar-refractivity contribution in [3.8, 4) is 0 Å². The summed E-state index contributed by atoms with van der Waals surface area (Å²) in [6, 6.07) is 0. The third-order valence-electron chi connectivity index (χ3n) is 4.52. The van der Waals surface area contributed by atoms with Gasteiger partial charge in [0.15, 0.2) is 0 Å². The molecule has 1 fully saturated rings. The third kappa shape index (κ3) is 7.56. The van der Waals surface area contributed by atoms with Gasteiger partial charge in [-0.15, -0.1) is 0 Å². The molecule has 0 aliphatic carbocycles. The molecule has 3 unspecified atom stereocenters. The van der Waals surface area contributed by atoms with E-state index in [9.17, 15) is 9.90 Å². The third-order valence-corrected chi connectivity index (χ3v) is 4.52. The molecule has 0 saturated carbocycles. The fourth-order valence-corrected chi connectivity index (χ4v) is 2.86. The standard InChI is InChI=1S/C17H32NO4/c1-17(18-2)16(22-17)14(19)12-10-8-6-4-3-5-7-9-11-13-15(20)21/h14,16,19H,3-13H2,1-2H3,(H,20,21)/q-1. The number of unbranched alkanes of at least 4 members (excludes halogenated alkanes) is 8. The first-order chi connectivity index (χ1) is 10.5. The summed E-state index contributed by atoms with van der Waals surface area (Å²) in [6.07, 6.45) is 10.7. The van der Waals surface area contributed by atoms with Crippen LogP contribution >= 0.6 is 0 Å². The number of hydrogen-bond acceptors (Lipinski definition) is 3. The number of carbonyl (C=O) groups is 1. The molecule has 5 nitrogen and oxygen atoms in total. The predicted octanol–water partition coefficient (Wildman–Crippen LogP) is 3.84. The van der Waals surface area contributed by atoms with Crippen LogP contribution in [0, 0.1) is 0 Å². The summed E-state index contributed by atoms with van der Waals surface area (Å²) in [5, 5.41) is 22.6. The minimum Gasteiger partial charge on any atom is -0.634 e. The number of aliphatic carboxylic acids is 1. The van der Waals surface area contributed by atoms with E-state index >= 15 is 0 Å². The van der Waals surface area contributed by atoms with Crippen molar-refractivity contribution >= 4 is 5.97 Å². The van der Waals surface area contributed by atoms with Crippen molar-refractivity contribution in [3.63, 3.8) is 0 Å². The van der Waals surface area contributed by atoms with Crippen LogP contribution in [0.25, 0.3) is 5.32 Å². The molecule has 5 heteroatoms. The summed E-state index contributed by atoms with van der Waals surface area (Å²) in [4.78, 5) is 10.4. The Morgan fingerprint density at radius 1 is 1.09 bits per heavy atom. The van der Waals surface area contributed by atoms with Gasteiger partial charge in [0.05, 0.1) is 12.2 Å². The van der Waals surface area contributed by atoms with Crippen LogP contribution in [0.5, 0.6) is 0 Å². The summed E-state index contributed by atoms with van der Waals surface area (Å²) in [5.41, 5.74) is -0.444. The molecule has 0 amide bonds. The Balaban J connectivity index is 1.81. The largest absolute Gasteiger partial charge is 0.634 e. The first-order valence-electron chi connectivity index (χ1n) is 8.68. The average Bonchev–Trinajstić information content (AvgIpc) is 3.17. The Morgan fingerprint density at radius 3 is 2.05 bits per heavy atom. The van der Waals surface area contributed by atoms with Gasteiger partial charge in [0, 0.05) is 12.1 Å². The van der Waals surface area contributed by atoms with Gasteiger partial charge in [-0.25, -0.2) is 0 Å². The lowest BCUT2D eigenvalue weighted by molar-refractivity contribution is -0.137. The molecule has 1 aliphatic heterocycles. The summed E-state index contributed by atoms with van der Waals surface area (Å²) in [6.45, 7) is 1.91. The van der Waals surface area contributed by atoms with E-state index in [1.165, 1.54) is 25.7 Å². The van der Waals surface area contributed by atoms with Crippen LogP contribution in [-0.2, 0) is 9.53 Å². The molecule has 0 radical (unpaired) electrons. The maximum atomic E-state index is 10.4. The van der Waals surface area contributed by atoms with E-state index in [4.69, 9.17) is 9.84 Å². The number of rotatable bonds is 14. The highest BCUT2D eigenvalue weighted by molar-refractivity contribution is 5.66. The normalized spacial score (nSPS) is 25.1. The first-order valence-corrected chi connectivity index (χ1v) is 8.68. The highest BCUT2D eigenvalue weighted by Crippen LogP contribution is 2.43. The predicted molar refractivity (Wildman–Crippen MR) is 87.0 cm³/mol. The van der Waals surface area contributed by atoms with Gasteiger partial charge in [0.2, 0.25) is 0 Å². The molecule has 22 heavy (non-hydrogen) atoms. The van der Waals surface area contributed by atoms with E-state index in [0.29, 0.717) is 6.42 Å². The van der Waals surface area contributed by atoms with Gasteiger partial charge in [-0.2, -0.15) is 7.05 Å². The number of ether oxygens (including phenoxy) is 1. The van der Waals surface area contributed by atoms with Crippen molar-refractivity contribution in [2.24, 2.45) is 0 Å². The summed E-state index contributed by atoms with van der Waals surface area (Å²) in [5.74, 6) is -0.688. The van der Waals surface area contributed by atoms with Gasteiger partial charge < -0.3 is 20.3 Å². The van der Waals surface area contributed by atoms with Crippen LogP contribution in [0.2, 0.25) is 0 Å². The van der Waals surface area contributed by atoms with Crippen molar-refractivity contribution in [2.45, 2.75) is 95.5 Å². The zero-order valence-electron chi connectivity index (χ0n) is 14.1. The molecule has 2 N–H and O–H groups in total. The highest BCUT2D eigenvalue weighted by atomic mass is 16.6. The van der Waals surface area contributed by atoms with Crippen molar-refractivity contribution in [3.05, 3.63) is 5.32 Å². The van der Waals surface area contributed by atoms with Crippen LogP contribution in [0.1, 0.15) is 77.6 Å². The molecule has 130 valence electrons. The smallest absolute Gasteiger partial charge is 0.303 e. The number of aliphatic hydroxyl groups is 1. The van der Waals surface area contributed by atoms with Crippen LogP contribution in [0.15, 0.2) is 0 Å². The number of carboxylic acids is 1. The van der Waals surface area contributed by atoms with Gasteiger partial charge >= 0.3 is 5.97 Å². The van der Waals surface area contributed by atoms with Gasteiger partial charge in [-0.05, 0) is 12.8 Å². The Morgan fingerprint density at radius 2 is 1.59 bits per heavy atom. The van der Waals surface area contributed by atoms with Crippen LogP contribution < -0.4 is 0 Å². The van der Waals surface area contributed by atoms with E-state index in [-0.39, 0.29) is 12.2 Å². The maximum Gasteiger partial charge on any atom is 0.303 e. The molecule has 1 rings (SSSR count). The zero-order valence-corrected chi connectivity index (χ0v) is 14.1. The molecule has 1 aliphatic rings. The Bertz CT molecular complexity index is 324. The highest BCUT2D eigenvalue weighted by Gasteiger charge is 2.47. The molecule has 0 aromatic rings. The number of aliphatic hydroxyl groups excluding tert-OH is 1. The van der Waals surface area contributed by atoms with E-state index < -0.39 is 11.7 Å². The van der Waals surface area contributed by atoms with Crippen molar-refractivity contribution in [1.82, 2.24) is 0 Å². The molecule has 1 heterocycles. The molecule has 0 spiro atoms. The van der Waals surface area contributed by atoms with E-state index in [1.807, 2.05) is 6.92 Å². The van der Waals surface area contributed by atoms with E-state index in [2.05, 4.69) is 5.32 Å². The van der Waals surface area contributed by atoms with Crippen molar-refractivity contribution in [1.29, 1.82) is 0 Å². The summed E-state index contributed by atoms with van der Waals surface area (Å²) < 4.78 is 5.42. The topological polar surface area (TPSA) is 84.2 Å². The lowest BCUT2D eigenvalue weighted by Gasteiger charge is -2.20. The Kier molecular flexibility index (Phi) is 8.98. The molecular weight excluding hydrogens is 282 g/mol. The Hall–Kier alpha value is -0.650. The SMILES string of the molecule is C[N-]C1(C)OC1C(O)CCCCCCCCCCCC(=O)O. The average molecular weight is 314 g/mol.